The number of piperidine rings is 1. The normalized spacial score (nSPS) is 26.2. The van der Waals surface area contributed by atoms with Gasteiger partial charge in [0.2, 0.25) is 11.8 Å². The zero-order chi connectivity index (χ0) is 29.5. The van der Waals surface area contributed by atoms with E-state index >= 15 is 0 Å². The van der Waals surface area contributed by atoms with Crippen molar-refractivity contribution in [2.45, 2.75) is 82.2 Å². The summed E-state index contributed by atoms with van der Waals surface area (Å²) in [6.07, 6.45) is 6.49. The Bertz CT molecular complexity index is 1570. The summed E-state index contributed by atoms with van der Waals surface area (Å²) in [4.78, 5) is 45.9. The molecule has 3 fully saturated rings. The molecule has 1 aliphatic carbocycles. The van der Waals surface area contributed by atoms with Gasteiger partial charge in [-0.15, -0.1) is 0 Å². The van der Waals surface area contributed by atoms with Gasteiger partial charge in [0.1, 0.15) is 17.9 Å². The number of ether oxygens (including phenoxy) is 2. The molecule has 43 heavy (non-hydrogen) atoms. The van der Waals surface area contributed by atoms with Crippen LogP contribution in [0, 0.1) is 0 Å². The van der Waals surface area contributed by atoms with E-state index in [1.165, 1.54) is 16.6 Å². The Balaban J connectivity index is 0.945. The maximum atomic E-state index is 13.0. The van der Waals surface area contributed by atoms with Gasteiger partial charge in [0.15, 0.2) is 0 Å². The Labute approximate surface area is 251 Å². The minimum Gasteiger partial charge on any atom is -0.489 e. The van der Waals surface area contributed by atoms with Crippen LogP contribution in [-0.4, -0.2) is 71.0 Å². The summed E-state index contributed by atoms with van der Waals surface area (Å²) < 4.78 is 11.9. The molecule has 2 aromatic carbocycles. The lowest BCUT2D eigenvalue weighted by Gasteiger charge is -2.29. The van der Waals surface area contributed by atoms with Crippen molar-refractivity contribution in [2.75, 3.05) is 20.2 Å². The Morgan fingerprint density at radius 1 is 0.930 bits per heavy atom. The number of methoxy groups -OCH3 is 1. The van der Waals surface area contributed by atoms with Crippen molar-refractivity contribution >= 4 is 28.6 Å². The van der Waals surface area contributed by atoms with E-state index in [-0.39, 0.29) is 24.3 Å². The first-order valence-electron chi connectivity index (χ1n) is 15.5. The van der Waals surface area contributed by atoms with Gasteiger partial charge in [-0.05, 0) is 86.1 Å². The van der Waals surface area contributed by atoms with Gasteiger partial charge in [0, 0.05) is 62.3 Å². The van der Waals surface area contributed by atoms with E-state index in [0.717, 1.165) is 68.6 Å². The highest BCUT2D eigenvalue weighted by molar-refractivity contribution is 6.05. The number of benzene rings is 2. The van der Waals surface area contributed by atoms with Crippen LogP contribution < -0.4 is 10.1 Å². The summed E-state index contributed by atoms with van der Waals surface area (Å²) in [6.45, 7) is 2.99. The number of rotatable bonds is 7. The standard InChI is InChI=1S/C34H38N4O5/c1-42-25-6-3-22(4-7-25)29-11-5-23-16-21(2-10-30(23)35-29)18-37-15-14-27(20-37)43-26-8-9-28-24(17-26)19-38(34(28)41)31-12-13-32(39)36-33(31)40/h2,5,8-11,16-17,22,25,27,31H,3-4,6-7,12-15,18-20H2,1H3,(H,36,39,40). The first kappa shape index (κ1) is 28.0. The van der Waals surface area contributed by atoms with E-state index in [4.69, 9.17) is 14.5 Å². The van der Waals surface area contributed by atoms with Gasteiger partial charge in [-0.25, -0.2) is 0 Å². The number of carbonyl (C=O) groups is 3. The van der Waals surface area contributed by atoms with Crippen molar-refractivity contribution in [1.29, 1.82) is 0 Å². The fraction of sp³-hybridized carbons (Fsp3) is 0.471. The van der Waals surface area contributed by atoms with E-state index in [2.05, 4.69) is 40.5 Å². The molecule has 0 bridgehead atoms. The highest BCUT2D eigenvalue weighted by atomic mass is 16.5. The average Bonchev–Trinajstić information content (AvgIpc) is 3.59. The van der Waals surface area contributed by atoms with Crippen molar-refractivity contribution in [2.24, 2.45) is 0 Å². The molecule has 9 heteroatoms. The Morgan fingerprint density at radius 3 is 2.60 bits per heavy atom. The molecule has 0 radical (unpaired) electrons. The molecule has 3 amide bonds. The largest absolute Gasteiger partial charge is 0.489 e. The molecule has 4 aliphatic rings. The molecular weight excluding hydrogens is 544 g/mol. The number of carbonyl (C=O) groups excluding carboxylic acids is 3. The van der Waals surface area contributed by atoms with E-state index in [0.29, 0.717) is 30.6 Å². The molecule has 3 aromatic rings. The smallest absolute Gasteiger partial charge is 0.255 e. The lowest BCUT2D eigenvalue weighted by molar-refractivity contribution is -0.136. The van der Waals surface area contributed by atoms with Crippen LogP contribution in [0.1, 0.15) is 78.0 Å². The number of nitrogens with zero attached hydrogens (tertiary/aromatic N) is 3. The number of hydrogen-bond donors (Lipinski definition) is 1. The number of amides is 3. The predicted octanol–water partition coefficient (Wildman–Crippen LogP) is 4.32. The molecule has 3 aliphatic heterocycles. The molecule has 0 spiro atoms. The number of imide groups is 1. The Hall–Kier alpha value is -3.82. The molecule has 2 atom stereocenters. The van der Waals surface area contributed by atoms with Crippen LogP contribution in [0.5, 0.6) is 5.75 Å². The van der Waals surface area contributed by atoms with E-state index in [9.17, 15) is 14.4 Å². The second-order valence-electron chi connectivity index (χ2n) is 12.5. The van der Waals surface area contributed by atoms with Gasteiger partial charge in [0.05, 0.1) is 11.6 Å². The molecule has 9 nitrogen and oxygen atoms in total. The Kier molecular flexibility index (Phi) is 7.61. The lowest BCUT2D eigenvalue weighted by Crippen LogP contribution is -2.52. The number of fused-ring (bicyclic) bond motifs is 2. The summed E-state index contributed by atoms with van der Waals surface area (Å²) in [6, 6.07) is 16.0. The minimum absolute atomic E-state index is 0.0688. The number of hydrogen-bond acceptors (Lipinski definition) is 7. The third-order valence-electron chi connectivity index (χ3n) is 9.63. The lowest BCUT2D eigenvalue weighted by atomic mass is 9.85. The first-order chi connectivity index (χ1) is 20.9. The zero-order valence-corrected chi connectivity index (χ0v) is 24.6. The predicted molar refractivity (Wildman–Crippen MR) is 161 cm³/mol. The van der Waals surface area contributed by atoms with E-state index in [1.807, 2.05) is 19.2 Å². The quantitative estimate of drug-likeness (QED) is 0.414. The van der Waals surface area contributed by atoms with Crippen LogP contribution in [0.3, 0.4) is 0 Å². The third kappa shape index (κ3) is 5.76. The van der Waals surface area contributed by atoms with Crippen molar-refractivity contribution < 1.29 is 23.9 Å². The molecular formula is C34H38N4O5. The highest BCUT2D eigenvalue weighted by Crippen LogP contribution is 2.34. The number of aromatic nitrogens is 1. The van der Waals surface area contributed by atoms with Gasteiger partial charge in [0.25, 0.3) is 5.91 Å². The first-order valence-corrected chi connectivity index (χ1v) is 15.5. The van der Waals surface area contributed by atoms with Crippen molar-refractivity contribution in [1.82, 2.24) is 20.1 Å². The fourth-order valence-electron chi connectivity index (χ4n) is 7.22. The topological polar surface area (TPSA) is 101 Å². The molecule has 224 valence electrons. The van der Waals surface area contributed by atoms with Crippen LogP contribution >= 0.6 is 0 Å². The highest BCUT2D eigenvalue weighted by Gasteiger charge is 2.39. The van der Waals surface area contributed by atoms with Crippen molar-refractivity contribution in [3.8, 4) is 5.75 Å². The summed E-state index contributed by atoms with van der Waals surface area (Å²) in [7, 11) is 1.81. The van der Waals surface area contributed by atoms with Crippen LogP contribution in [0.4, 0.5) is 0 Å². The number of likely N-dealkylation sites (tertiary alicyclic amines) is 1. The monoisotopic (exact) mass is 582 g/mol. The Morgan fingerprint density at radius 2 is 1.79 bits per heavy atom. The molecule has 1 saturated carbocycles. The minimum atomic E-state index is -0.612. The molecule has 2 unspecified atom stereocenters. The molecule has 4 heterocycles. The second kappa shape index (κ2) is 11.7. The van der Waals surface area contributed by atoms with Crippen LogP contribution in [-0.2, 0) is 27.4 Å². The summed E-state index contributed by atoms with van der Waals surface area (Å²) >= 11 is 0. The van der Waals surface area contributed by atoms with Crippen molar-refractivity contribution in [3.63, 3.8) is 0 Å². The van der Waals surface area contributed by atoms with Gasteiger partial charge >= 0.3 is 0 Å². The van der Waals surface area contributed by atoms with E-state index in [1.54, 1.807) is 11.0 Å². The zero-order valence-electron chi connectivity index (χ0n) is 24.6. The van der Waals surface area contributed by atoms with E-state index < -0.39 is 11.9 Å². The molecule has 7 rings (SSSR count). The average molecular weight is 583 g/mol. The summed E-state index contributed by atoms with van der Waals surface area (Å²) in [5.74, 6) is 0.417. The maximum Gasteiger partial charge on any atom is 0.255 e. The van der Waals surface area contributed by atoms with Gasteiger partial charge in [-0.2, -0.15) is 0 Å². The summed E-state index contributed by atoms with van der Waals surface area (Å²) in [5, 5.41) is 3.53. The summed E-state index contributed by atoms with van der Waals surface area (Å²) in [5.41, 5.74) is 4.99. The maximum absolute atomic E-state index is 13.0. The third-order valence-corrected chi connectivity index (χ3v) is 9.63. The molecule has 2 saturated heterocycles. The van der Waals surface area contributed by atoms with Gasteiger partial charge in [-0.3, -0.25) is 29.6 Å². The second-order valence-corrected chi connectivity index (χ2v) is 12.5. The fourth-order valence-corrected chi connectivity index (χ4v) is 7.22. The number of pyridine rings is 1. The SMILES string of the molecule is COC1CCC(c2ccc3cc(CN4CCC(Oc5ccc6c(c5)CN(C5CCC(=O)NC5=O)C6=O)C4)ccc3n2)CC1. The van der Waals surface area contributed by atoms with Crippen LogP contribution in [0.15, 0.2) is 48.5 Å². The van der Waals surface area contributed by atoms with Gasteiger partial charge in [-0.1, -0.05) is 12.1 Å². The number of nitrogens with one attached hydrogen (secondary N) is 1. The van der Waals surface area contributed by atoms with Crippen LogP contribution in [0.25, 0.3) is 10.9 Å². The van der Waals surface area contributed by atoms with Gasteiger partial charge < -0.3 is 14.4 Å². The van der Waals surface area contributed by atoms with Crippen LogP contribution in [0.2, 0.25) is 0 Å². The van der Waals surface area contributed by atoms with Crippen molar-refractivity contribution in [3.05, 3.63) is 70.9 Å². The molecule has 1 N–H and O–H groups in total. The molecule has 1 aromatic heterocycles.